The number of amides is 1. The lowest BCUT2D eigenvalue weighted by atomic mass is 9.99. The van der Waals surface area contributed by atoms with Crippen molar-refractivity contribution in [3.8, 4) is 0 Å². The molecule has 184 valence electrons. The van der Waals surface area contributed by atoms with Gasteiger partial charge in [0, 0.05) is 44.4 Å². The number of nitro benzene ring substituents is 1. The van der Waals surface area contributed by atoms with Crippen LogP contribution in [0.25, 0.3) is 0 Å². The first-order valence-corrected chi connectivity index (χ1v) is 12.0. The third kappa shape index (κ3) is 6.02. The molecule has 1 aromatic heterocycles. The van der Waals surface area contributed by atoms with E-state index in [1.807, 2.05) is 0 Å². The first-order chi connectivity index (χ1) is 16.8. The minimum absolute atomic E-state index is 0.110. The molecule has 1 aliphatic rings. The van der Waals surface area contributed by atoms with Gasteiger partial charge in [0.15, 0.2) is 5.16 Å². The van der Waals surface area contributed by atoms with Crippen LogP contribution in [0, 0.1) is 15.9 Å². The van der Waals surface area contributed by atoms with Gasteiger partial charge >= 0.3 is 0 Å². The van der Waals surface area contributed by atoms with Crippen LogP contribution in [0.2, 0.25) is 0 Å². The van der Waals surface area contributed by atoms with E-state index in [-0.39, 0.29) is 35.1 Å². The number of nitro groups is 1. The fourth-order valence-electron chi connectivity index (χ4n) is 3.96. The maximum absolute atomic E-state index is 13.1. The molecule has 1 fully saturated rings. The van der Waals surface area contributed by atoms with Crippen molar-refractivity contribution in [3.63, 3.8) is 0 Å². The predicted octanol–water partition coefficient (Wildman–Crippen LogP) is 3.47. The van der Waals surface area contributed by atoms with Gasteiger partial charge in [-0.2, -0.15) is 0 Å². The average molecular weight is 500 g/mol. The smallest absolute Gasteiger partial charge is 0.284 e. The standard InChI is InChI=1S/C23H26FN7O3S/c1-29(11-3-4-18-13-19(27-26-18)15-5-8-17(24)9-6-15)22(32)16-7-10-21(20(12-16)31(33)34)35-23-28-25-14-30(23)2/h5-10,12,14,18-19,26-27H,3-4,11,13H2,1-2H3. The zero-order chi connectivity index (χ0) is 24.9. The Balaban J connectivity index is 1.31. The van der Waals surface area contributed by atoms with E-state index in [1.54, 1.807) is 47.8 Å². The molecule has 2 heterocycles. The van der Waals surface area contributed by atoms with Gasteiger partial charge in [0.1, 0.15) is 12.1 Å². The highest BCUT2D eigenvalue weighted by molar-refractivity contribution is 7.99. The number of aryl methyl sites for hydroxylation is 1. The second-order valence-corrected chi connectivity index (χ2v) is 9.47. The van der Waals surface area contributed by atoms with Crippen LogP contribution >= 0.6 is 11.8 Å². The highest BCUT2D eigenvalue weighted by atomic mass is 32.2. The van der Waals surface area contributed by atoms with Gasteiger partial charge in [0.2, 0.25) is 0 Å². The van der Waals surface area contributed by atoms with Crippen LogP contribution in [0.15, 0.2) is 58.8 Å². The molecule has 2 atom stereocenters. The molecule has 0 aliphatic carbocycles. The van der Waals surface area contributed by atoms with Crippen LogP contribution in [-0.4, -0.2) is 50.1 Å². The van der Waals surface area contributed by atoms with Gasteiger partial charge in [-0.1, -0.05) is 12.1 Å². The topological polar surface area (TPSA) is 118 Å². The van der Waals surface area contributed by atoms with Crippen molar-refractivity contribution in [2.75, 3.05) is 13.6 Å². The van der Waals surface area contributed by atoms with E-state index in [0.29, 0.717) is 16.6 Å². The molecule has 3 aromatic rings. The Bertz CT molecular complexity index is 1200. The van der Waals surface area contributed by atoms with Gasteiger partial charge in [-0.3, -0.25) is 25.8 Å². The molecule has 1 saturated heterocycles. The molecular formula is C23H26FN7O3S. The van der Waals surface area contributed by atoms with E-state index < -0.39 is 4.92 Å². The van der Waals surface area contributed by atoms with E-state index in [9.17, 15) is 19.3 Å². The molecule has 0 radical (unpaired) electrons. The molecule has 2 aromatic carbocycles. The number of hydrogen-bond acceptors (Lipinski definition) is 8. The van der Waals surface area contributed by atoms with Gasteiger partial charge in [-0.15, -0.1) is 10.2 Å². The van der Waals surface area contributed by atoms with Crippen LogP contribution in [0.5, 0.6) is 0 Å². The molecule has 2 unspecified atom stereocenters. The Kier molecular flexibility index (Phi) is 7.73. The Labute approximate surface area is 206 Å². The Hall–Kier alpha value is -3.35. The summed E-state index contributed by atoms with van der Waals surface area (Å²) in [5.41, 5.74) is 7.65. The lowest BCUT2D eigenvalue weighted by molar-refractivity contribution is -0.387. The van der Waals surface area contributed by atoms with Crippen molar-refractivity contribution >= 4 is 23.4 Å². The molecule has 4 rings (SSSR count). The highest BCUT2D eigenvalue weighted by Crippen LogP contribution is 2.34. The summed E-state index contributed by atoms with van der Waals surface area (Å²) in [5, 5.41) is 19.9. The fourth-order valence-corrected chi connectivity index (χ4v) is 4.81. The largest absolute Gasteiger partial charge is 0.342 e. The van der Waals surface area contributed by atoms with Gasteiger partial charge < -0.3 is 9.47 Å². The van der Waals surface area contributed by atoms with Crippen molar-refractivity contribution in [2.24, 2.45) is 7.05 Å². The molecule has 0 spiro atoms. The lowest BCUT2D eigenvalue weighted by Gasteiger charge is -2.18. The molecule has 35 heavy (non-hydrogen) atoms. The van der Waals surface area contributed by atoms with Crippen molar-refractivity contribution < 1.29 is 14.1 Å². The Morgan fingerprint density at radius 3 is 2.74 bits per heavy atom. The summed E-state index contributed by atoms with van der Waals surface area (Å²) < 4.78 is 14.8. The number of benzene rings is 2. The molecular weight excluding hydrogens is 473 g/mol. The van der Waals surface area contributed by atoms with Gasteiger partial charge in [0.05, 0.1) is 9.82 Å². The monoisotopic (exact) mass is 499 g/mol. The molecule has 0 saturated carbocycles. The second kappa shape index (κ2) is 10.9. The lowest BCUT2D eigenvalue weighted by Crippen LogP contribution is -2.32. The number of carbonyl (C=O) groups excluding carboxylic acids is 1. The van der Waals surface area contributed by atoms with Crippen LogP contribution in [-0.2, 0) is 7.05 Å². The third-order valence-electron chi connectivity index (χ3n) is 5.92. The first-order valence-electron chi connectivity index (χ1n) is 11.1. The Morgan fingerprint density at radius 2 is 2.06 bits per heavy atom. The van der Waals surface area contributed by atoms with E-state index in [4.69, 9.17) is 0 Å². The maximum Gasteiger partial charge on any atom is 0.284 e. The normalized spacial score (nSPS) is 17.5. The zero-order valence-electron chi connectivity index (χ0n) is 19.3. The van der Waals surface area contributed by atoms with Crippen LogP contribution in [0.3, 0.4) is 0 Å². The average Bonchev–Trinajstić information content (AvgIpc) is 3.48. The summed E-state index contributed by atoms with van der Waals surface area (Å²) in [6.07, 6.45) is 3.98. The number of carbonyl (C=O) groups is 1. The maximum atomic E-state index is 13.1. The summed E-state index contributed by atoms with van der Waals surface area (Å²) in [7, 11) is 3.44. The molecule has 10 nitrogen and oxygen atoms in total. The number of hydrogen-bond donors (Lipinski definition) is 2. The van der Waals surface area contributed by atoms with Gasteiger partial charge in [-0.05, 0) is 60.9 Å². The van der Waals surface area contributed by atoms with Crippen molar-refractivity contribution in [1.82, 2.24) is 30.5 Å². The zero-order valence-corrected chi connectivity index (χ0v) is 20.2. The van der Waals surface area contributed by atoms with Crippen LogP contribution in [0.4, 0.5) is 10.1 Å². The van der Waals surface area contributed by atoms with Crippen molar-refractivity contribution in [2.45, 2.75) is 41.4 Å². The predicted molar refractivity (Wildman–Crippen MR) is 128 cm³/mol. The highest BCUT2D eigenvalue weighted by Gasteiger charge is 2.25. The SMILES string of the molecule is CN(CCCC1CC(c2ccc(F)cc2)NN1)C(=O)c1ccc(Sc2nncn2C)c([N+](=O)[O-])c1. The van der Waals surface area contributed by atoms with Gasteiger partial charge in [0.25, 0.3) is 11.6 Å². The van der Waals surface area contributed by atoms with Crippen LogP contribution in [0.1, 0.15) is 41.2 Å². The number of aromatic nitrogens is 3. The second-order valence-electron chi connectivity index (χ2n) is 8.46. The van der Waals surface area contributed by atoms with E-state index in [0.717, 1.165) is 36.6 Å². The fraction of sp³-hybridized carbons (Fsp3) is 0.348. The quantitative estimate of drug-likeness (QED) is 0.339. The van der Waals surface area contributed by atoms with Crippen LogP contribution < -0.4 is 10.9 Å². The van der Waals surface area contributed by atoms with Gasteiger partial charge in [-0.25, -0.2) is 4.39 Å². The molecule has 12 heteroatoms. The minimum Gasteiger partial charge on any atom is -0.342 e. The minimum atomic E-state index is -0.494. The first kappa shape index (κ1) is 24.8. The Morgan fingerprint density at radius 1 is 1.29 bits per heavy atom. The number of nitrogens with one attached hydrogen (secondary N) is 2. The summed E-state index contributed by atoms with van der Waals surface area (Å²) >= 11 is 1.12. The number of rotatable bonds is 9. The van der Waals surface area contributed by atoms with E-state index in [1.165, 1.54) is 24.5 Å². The van der Waals surface area contributed by atoms with Crippen molar-refractivity contribution in [1.29, 1.82) is 0 Å². The summed E-state index contributed by atoms with van der Waals surface area (Å²) in [6.45, 7) is 0.515. The summed E-state index contributed by atoms with van der Waals surface area (Å²) in [5.74, 6) is -0.530. The summed E-state index contributed by atoms with van der Waals surface area (Å²) in [4.78, 5) is 26.0. The molecule has 2 N–H and O–H groups in total. The number of halogens is 1. The number of hydrazine groups is 1. The third-order valence-corrected chi connectivity index (χ3v) is 7.04. The van der Waals surface area contributed by atoms with E-state index >= 15 is 0 Å². The van der Waals surface area contributed by atoms with E-state index in [2.05, 4.69) is 21.0 Å². The van der Waals surface area contributed by atoms with Crippen molar-refractivity contribution in [3.05, 3.63) is 75.9 Å². The summed E-state index contributed by atoms with van der Waals surface area (Å²) in [6, 6.07) is 11.3. The molecule has 0 bridgehead atoms. The molecule has 1 aliphatic heterocycles. The number of nitrogens with zero attached hydrogens (tertiary/aromatic N) is 5. The molecule has 1 amide bonds.